The van der Waals surface area contributed by atoms with Gasteiger partial charge in [-0.1, -0.05) is 6.07 Å². The zero-order chi connectivity index (χ0) is 22.8. The van der Waals surface area contributed by atoms with Crippen LogP contribution in [-0.2, 0) is 15.3 Å². The van der Waals surface area contributed by atoms with Crippen molar-refractivity contribution in [3.05, 3.63) is 48.0 Å². The smallest absolute Gasteiger partial charge is 0.441 e. The minimum absolute atomic E-state index is 0.117. The normalized spacial score (nSPS) is 11.8. The van der Waals surface area contributed by atoms with Gasteiger partial charge in [-0.05, 0) is 55.5 Å². The molecule has 1 unspecified atom stereocenters. The number of nitrogens with zero attached hydrogens (tertiary/aromatic N) is 3. The van der Waals surface area contributed by atoms with Gasteiger partial charge < -0.3 is 19.9 Å². The van der Waals surface area contributed by atoms with Gasteiger partial charge in [-0.3, -0.25) is 0 Å². The summed E-state index contributed by atoms with van der Waals surface area (Å²) in [6.45, 7) is 2.38. The molecule has 1 aromatic carbocycles. The molecule has 170 valence electrons. The van der Waals surface area contributed by atoms with Crippen molar-refractivity contribution >= 4 is 39.7 Å². The van der Waals surface area contributed by atoms with E-state index in [1.165, 1.54) is 0 Å². The van der Waals surface area contributed by atoms with E-state index in [-0.39, 0.29) is 13.2 Å². The lowest BCUT2D eigenvalue weighted by molar-refractivity contribution is 0.164. The lowest BCUT2D eigenvalue weighted by atomic mass is 10.2. The Labute approximate surface area is 191 Å². The van der Waals surface area contributed by atoms with Crippen molar-refractivity contribution in [1.29, 1.82) is 0 Å². The lowest BCUT2D eigenvalue weighted by Gasteiger charge is -2.11. The van der Waals surface area contributed by atoms with Gasteiger partial charge in [0.25, 0.3) is 0 Å². The molecule has 3 aromatic rings. The Morgan fingerprint density at radius 1 is 1.25 bits per heavy atom. The van der Waals surface area contributed by atoms with Crippen LogP contribution in [0.4, 0.5) is 16.4 Å². The Balaban J connectivity index is 1.75. The molecule has 0 aliphatic carbocycles. The van der Waals surface area contributed by atoms with Crippen molar-refractivity contribution < 1.29 is 23.6 Å². The van der Waals surface area contributed by atoms with E-state index < -0.39 is 16.7 Å². The number of rotatable bonds is 10. The molecule has 1 amide bonds. The van der Waals surface area contributed by atoms with E-state index in [4.69, 9.17) is 9.84 Å². The molecule has 0 aliphatic heterocycles. The first-order valence-electron chi connectivity index (χ1n) is 9.98. The van der Waals surface area contributed by atoms with Crippen LogP contribution in [0.5, 0.6) is 5.88 Å². The first-order valence-corrected chi connectivity index (χ1v) is 12.1. The lowest BCUT2D eigenvalue weighted by Crippen LogP contribution is -2.05. The Bertz CT molecular complexity index is 1100. The molecule has 0 saturated heterocycles. The molecular formula is C21H24N4O5S2. The topological polar surface area (TPSA) is 123 Å². The van der Waals surface area contributed by atoms with Gasteiger partial charge in [0.2, 0.25) is 11.8 Å². The zero-order valence-corrected chi connectivity index (χ0v) is 19.1. The van der Waals surface area contributed by atoms with Crippen molar-refractivity contribution in [2.45, 2.75) is 24.7 Å². The van der Waals surface area contributed by atoms with Crippen LogP contribution in [0, 0.1) is 0 Å². The summed E-state index contributed by atoms with van der Waals surface area (Å²) in [7, 11) is -2.23. The summed E-state index contributed by atoms with van der Waals surface area (Å²) in [5.41, 5.74) is 1.46. The second-order valence-electron chi connectivity index (χ2n) is 6.41. The number of carbonyl (C=O) groups excluding carboxylic acids is 1. The Morgan fingerprint density at radius 3 is 2.75 bits per heavy atom. The highest BCUT2D eigenvalue weighted by atomic mass is 32.2. The number of benzene rings is 1. The van der Waals surface area contributed by atoms with Crippen molar-refractivity contribution in [2.24, 2.45) is 4.36 Å². The molecular weight excluding hydrogens is 452 g/mol. The maximum absolute atomic E-state index is 12.1. The quantitative estimate of drug-likeness (QED) is 0.293. The summed E-state index contributed by atoms with van der Waals surface area (Å²) in [5, 5.41) is 14.0. The minimum atomic E-state index is -2.23. The van der Waals surface area contributed by atoms with E-state index in [0.717, 1.165) is 10.4 Å². The highest BCUT2D eigenvalue weighted by Crippen LogP contribution is 2.32. The number of aromatic nitrogens is 2. The first-order chi connectivity index (χ1) is 15.6. The molecule has 2 N–H and O–H groups in total. The number of unbranched alkanes of at least 4 members (excludes halogenated alkanes) is 1. The molecule has 1 atom stereocenters. The van der Waals surface area contributed by atoms with Crippen molar-refractivity contribution in [1.82, 2.24) is 9.97 Å². The number of nitrogens with one attached hydrogen (secondary N) is 1. The van der Waals surface area contributed by atoms with E-state index in [1.54, 1.807) is 48.7 Å². The third-order valence-corrected chi connectivity index (χ3v) is 6.10. The molecule has 0 saturated carbocycles. The SMILES string of the molecule is CCOC(=O)N=[SH](=O)c1ccc(Nc2ncc(-c3cccs3)c(OCCCCO)n2)cc1. The standard InChI is InChI=1S/C21H24N4O5S2/c1-2-29-21(27)25-32(28)16-9-7-15(8-10-16)23-20-22-14-17(18-6-5-13-31-18)19(24-20)30-12-4-3-11-26/h5-10,13-14,26,32H,2-4,11-12H2,1H3,(H,22,23,24). The Kier molecular flexibility index (Phi) is 8.96. The molecule has 9 nitrogen and oxygen atoms in total. The van der Waals surface area contributed by atoms with Crippen molar-refractivity contribution in [3.8, 4) is 16.3 Å². The van der Waals surface area contributed by atoms with Crippen LogP contribution in [0.15, 0.2) is 57.2 Å². The van der Waals surface area contributed by atoms with Crippen LogP contribution in [0.1, 0.15) is 19.8 Å². The summed E-state index contributed by atoms with van der Waals surface area (Å²) in [5.74, 6) is 0.798. The van der Waals surface area contributed by atoms with Gasteiger partial charge in [0.1, 0.15) is 0 Å². The molecule has 0 radical (unpaired) electrons. The predicted octanol–water partition coefficient (Wildman–Crippen LogP) is 4.28. The molecule has 0 fully saturated rings. The van der Waals surface area contributed by atoms with Gasteiger partial charge in [0.05, 0.1) is 29.4 Å². The summed E-state index contributed by atoms with van der Waals surface area (Å²) in [6.07, 6.45) is 2.22. The number of hydrogen-bond donors (Lipinski definition) is 3. The van der Waals surface area contributed by atoms with Gasteiger partial charge in [-0.15, -0.1) is 15.7 Å². The molecule has 3 rings (SSSR count). The van der Waals surface area contributed by atoms with Gasteiger partial charge in [-0.25, -0.2) is 14.0 Å². The van der Waals surface area contributed by atoms with Crippen LogP contribution in [0.3, 0.4) is 0 Å². The van der Waals surface area contributed by atoms with E-state index in [9.17, 15) is 9.00 Å². The van der Waals surface area contributed by atoms with Crippen molar-refractivity contribution in [2.75, 3.05) is 25.1 Å². The fourth-order valence-corrected chi connectivity index (χ4v) is 4.06. The van der Waals surface area contributed by atoms with Gasteiger partial charge in [0.15, 0.2) is 0 Å². The third kappa shape index (κ3) is 6.74. The van der Waals surface area contributed by atoms with E-state index in [0.29, 0.717) is 41.9 Å². The fourth-order valence-electron chi connectivity index (χ4n) is 2.61. The highest BCUT2D eigenvalue weighted by molar-refractivity contribution is 7.75. The molecule has 2 aromatic heterocycles. The molecule has 11 heteroatoms. The summed E-state index contributed by atoms with van der Waals surface area (Å²) in [4.78, 5) is 21.6. The monoisotopic (exact) mass is 476 g/mol. The molecule has 0 aliphatic rings. The average molecular weight is 477 g/mol. The van der Waals surface area contributed by atoms with E-state index in [1.807, 2.05) is 17.5 Å². The van der Waals surface area contributed by atoms with Gasteiger partial charge >= 0.3 is 6.09 Å². The van der Waals surface area contributed by atoms with Gasteiger partial charge in [0, 0.05) is 28.3 Å². The van der Waals surface area contributed by atoms with Crippen molar-refractivity contribution in [3.63, 3.8) is 0 Å². The number of anilines is 2. The number of amides is 1. The number of carbonyl (C=O) groups is 1. The second kappa shape index (κ2) is 12.1. The third-order valence-electron chi connectivity index (χ3n) is 4.12. The summed E-state index contributed by atoms with van der Waals surface area (Å²) >= 11 is 1.57. The zero-order valence-electron chi connectivity index (χ0n) is 17.4. The Morgan fingerprint density at radius 2 is 2.06 bits per heavy atom. The molecule has 2 heterocycles. The fraction of sp³-hybridized carbons (Fsp3) is 0.286. The Hall–Kier alpha value is -3.02. The second-order valence-corrected chi connectivity index (χ2v) is 8.62. The summed E-state index contributed by atoms with van der Waals surface area (Å²) in [6, 6.07) is 10.5. The van der Waals surface area contributed by atoms with Crippen LogP contribution in [0.25, 0.3) is 10.4 Å². The number of thiophene rings is 1. The molecule has 0 bridgehead atoms. The predicted molar refractivity (Wildman–Crippen MR) is 124 cm³/mol. The van der Waals surface area contributed by atoms with Crippen LogP contribution >= 0.6 is 11.3 Å². The largest absolute Gasteiger partial charge is 0.477 e. The number of thiol groups is 1. The molecule has 0 spiro atoms. The van der Waals surface area contributed by atoms with E-state index >= 15 is 0 Å². The van der Waals surface area contributed by atoms with Crippen LogP contribution in [-0.4, -0.2) is 45.2 Å². The maximum atomic E-state index is 12.1. The van der Waals surface area contributed by atoms with Gasteiger partial charge in [-0.2, -0.15) is 4.98 Å². The minimum Gasteiger partial charge on any atom is -0.477 e. The van der Waals surface area contributed by atoms with Crippen LogP contribution < -0.4 is 10.1 Å². The molecule has 32 heavy (non-hydrogen) atoms. The van der Waals surface area contributed by atoms with E-state index in [2.05, 4.69) is 24.4 Å². The number of hydrogen-bond acceptors (Lipinski definition) is 9. The average Bonchev–Trinajstić information content (AvgIpc) is 3.32. The maximum Gasteiger partial charge on any atom is 0.441 e. The highest BCUT2D eigenvalue weighted by Gasteiger charge is 2.12. The number of ether oxygens (including phenoxy) is 2. The number of aliphatic hydroxyl groups excluding tert-OH is 1. The first kappa shape index (κ1) is 23.6. The summed E-state index contributed by atoms with van der Waals surface area (Å²) < 4.78 is 26.2. The number of aliphatic hydroxyl groups is 1. The van der Waals surface area contributed by atoms with Crippen LogP contribution in [0.2, 0.25) is 0 Å².